The first-order valence-electron chi connectivity index (χ1n) is 13.3. The molecule has 2 fully saturated rings. The number of likely N-dealkylation sites (tertiary alicyclic amines) is 1. The second kappa shape index (κ2) is 9.85. The lowest BCUT2D eigenvalue weighted by Crippen LogP contribution is -2.44. The van der Waals surface area contributed by atoms with Crippen molar-refractivity contribution in [2.24, 2.45) is 5.92 Å². The summed E-state index contributed by atoms with van der Waals surface area (Å²) in [5.41, 5.74) is 3.27. The summed E-state index contributed by atoms with van der Waals surface area (Å²) >= 11 is 0. The van der Waals surface area contributed by atoms with E-state index in [2.05, 4.69) is 37.3 Å². The van der Waals surface area contributed by atoms with Gasteiger partial charge >= 0.3 is 0 Å². The number of H-pyrrole nitrogens is 1. The molecule has 200 valence electrons. The molecule has 6 rings (SSSR count). The summed E-state index contributed by atoms with van der Waals surface area (Å²) < 4.78 is 14.4. The number of nitriles is 1. The zero-order valence-electron chi connectivity index (χ0n) is 21.6. The molecule has 2 aromatic carbocycles. The number of nitrogens with one attached hydrogen (secondary N) is 3. The molecule has 2 amide bonds. The van der Waals surface area contributed by atoms with Crippen molar-refractivity contribution < 1.29 is 14.0 Å². The highest BCUT2D eigenvalue weighted by Gasteiger charge is 2.54. The number of hydrogen-bond donors (Lipinski definition) is 3. The van der Waals surface area contributed by atoms with Gasteiger partial charge < -0.3 is 15.5 Å². The van der Waals surface area contributed by atoms with Gasteiger partial charge in [0, 0.05) is 18.7 Å². The molecular weight excluding hydrogens is 499 g/mol. The van der Waals surface area contributed by atoms with Crippen LogP contribution in [0.5, 0.6) is 0 Å². The summed E-state index contributed by atoms with van der Waals surface area (Å²) in [4.78, 5) is 27.2. The van der Waals surface area contributed by atoms with E-state index in [0.717, 1.165) is 35.1 Å². The zero-order valence-corrected chi connectivity index (χ0v) is 21.6. The first-order valence-corrected chi connectivity index (χ1v) is 13.3. The predicted molar refractivity (Wildman–Crippen MR) is 138 cm³/mol. The predicted octanol–water partition coefficient (Wildman–Crippen LogP) is 1.62. The summed E-state index contributed by atoms with van der Waals surface area (Å²) in [6, 6.07) is 12.5. The van der Waals surface area contributed by atoms with E-state index in [4.69, 9.17) is 0 Å². The van der Waals surface area contributed by atoms with Crippen molar-refractivity contribution in [3.8, 4) is 6.07 Å². The third-order valence-corrected chi connectivity index (χ3v) is 8.49. The molecule has 1 saturated heterocycles. The average molecular weight is 529 g/mol. The Morgan fingerprint density at radius 1 is 1.18 bits per heavy atom. The van der Waals surface area contributed by atoms with E-state index in [0.29, 0.717) is 43.1 Å². The maximum atomic E-state index is 14.4. The summed E-state index contributed by atoms with van der Waals surface area (Å²) in [6.45, 7) is 0.546. The minimum Gasteiger partial charge on any atom is -0.355 e. The molecule has 2 heterocycles. The first-order chi connectivity index (χ1) is 19.0. The standard InChI is InChI=1S/C28H29FN8O2/c1-31-26(39)18-4-6-22-16(10-18)2-3-17-11-20(29)5-7-23(17)28(22,27-33-35-36-34-27)8-9-32-15-25(38)37-21(14-30)12-19-13-24(19)37/h4-7,10-11,19,21,24,32H,2-3,8-9,12-13,15H2,1H3,(H,31,39)(H,33,34,35,36)/t19-,21+,24+,28?/m1/s1. The van der Waals surface area contributed by atoms with Crippen LogP contribution in [0.3, 0.4) is 0 Å². The topological polar surface area (TPSA) is 140 Å². The molecule has 0 radical (unpaired) electrons. The number of rotatable bonds is 7. The van der Waals surface area contributed by atoms with Crippen LogP contribution in [0, 0.1) is 23.1 Å². The summed E-state index contributed by atoms with van der Waals surface area (Å²) in [5, 5.41) is 30.4. The van der Waals surface area contributed by atoms with Gasteiger partial charge in [0.15, 0.2) is 5.82 Å². The SMILES string of the molecule is CNC(=O)c1ccc2c(c1)CCc1cc(F)ccc1C2(CCNCC(=O)N1[C@H](C#N)C[C@@H]2C[C@@H]21)c1nnn[nH]1. The van der Waals surface area contributed by atoms with Crippen molar-refractivity contribution in [1.29, 1.82) is 5.26 Å². The fourth-order valence-electron chi connectivity index (χ4n) is 6.58. The van der Waals surface area contributed by atoms with Gasteiger partial charge in [-0.15, -0.1) is 5.10 Å². The number of tetrazole rings is 1. The summed E-state index contributed by atoms with van der Waals surface area (Å²) in [6.07, 6.45) is 3.40. The number of amides is 2. The van der Waals surface area contributed by atoms with Crippen LogP contribution in [0.1, 0.15) is 57.7 Å². The highest BCUT2D eigenvalue weighted by atomic mass is 19.1. The van der Waals surface area contributed by atoms with Crippen LogP contribution in [0.2, 0.25) is 0 Å². The largest absolute Gasteiger partial charge is 0.355 e. The molecule has 10 nitrogen and oxygen atoms in total. The maximum Gasteiger partial charge on any atom is 0.251 e. The number of piperidine rings is 1. The number of benzene rings is 2. The van der Waals surface area contributed by atoms with E-state index in [1.165, 1.54) is 6.07 Å². The maximum absolute atomic E-state index is 14.4. The number of carbonyl (C=O) groups excluding carboxylic acids is 2. The van der Waals surface area contributed by atoms with Crippen LogP contribution in [-0.4, -0.2) is 69.6 Å². The summed E-state index contributed by atoms with van der Waals surface area (Å²) in [5.74, 6) is 0.383. The Balaban J connectivity index is 1.35. The van der Waals surface area contributed by atoms with Gasteiger partial charge in [-0.3, -0.25) is 9.59 Å². The molecule has 11 heteroatoms. The van der Waals surface area contributed by atoms with E-state index in [1.807, 2.05) is 12.1 Å². The smallest absolute Gasteiger partial charge is 0.251 e. The number of aromatic amines is 1. The second-order valence-electron chi connectivity index (χ2n) is 10.6. The number of aryl methyl sites for hydroxylation is 2. The molecule has 3 aliphatic rings. The van der Waals surface area contributed by atoms with Gasteiger partial charge in [0.25, 0.3) is 5.91 Å². The second-order valence-corrected chi connectivity index (χ2v) is 10.6. The highest BCUT2D eigenvalue weighted by molar-refractivity contribution is 5.94. The van der Waals surface area contributed by atoms with Crippen molar-refractivity contribution in [2.45, 2.75) is 49.6 Å². The lowest BCUT2D eigenvalue weighted by atomic mass is 9.69. The van der Waals surface area contributed by atoms with Crippen LogP contribution in [-0.2, 0) is 23.1 Å². The van der Waals surface area contributed by atoms with Crippen molar-refractivity contribution in [1.82, 2.24) is 36.2 Å². The van der Waals surface area contributed by atoms with Crippen LogP contribution >= 0.6 is 0 Å². The van der Waals surface area contributed by atoms with Gasteiger partial charge in [0.2, 0.25) is 5.91 Å². The van der Waals surface area contributed by atoms with Crippen molar-refractivity contribution in [3.05, 3.63) is 75.9 Å². The van der Waals surface area contributed by atoms with Crippen LogP contribution < -0.4 is 10.6 Å². The van der Waals surface area contributed by atoms with Gasteiger partial charge in [-0.05, 0) is 102 Å². The molecule has 3 aromatic rings. The third-order valence-electron chi connectivity index (χ3n) is 8.49. The Morgan fingerprint density at radius 3 is 2.67 bits per heavy atom. The van der Waals surface area contributed by atoms with Crippen molar-refractivity contribution in [3.63, 3.8) is 0 Å². The fraction of sp³-hybridized carbons (Fsp3) is 0.429. The zero-order chi connectivity index (χ0) is 27.1. The lowest BCUT2D eigenvalue weighted by molar-refractivity contribution is -0.131. The monoisotopic (exact) mass is 528 g/mol. The van der Waals surface area contributed by atoms with Crippen molar-refractivity contribution in [2.75, 3.05) is 20.1 Å². The van der Waals surface area contributed by atoms with Gasteiger partial charge in [0.1, 0.15) is 11.9 Å². The van der Waals surface area contributed by atoms with E-state index in [9.17, 15) is 19.2 Å². The Morgan fingerprint density at radius 2 is 1.95 bits per heavy atom. The molecule has 1 unspecified atom stereocenters. The number of fused-ring (bicyclic) bond motifs is 3. The number of hydrogen-bond acceptors (Lipinski definition) is 7. The number of nitrogens with zero attached hydrogens (tertiary/aromatic N) is 5. The molecule has 2 aliphatic carbocycles. The first kappa shape index (κ1) is 25.1. The minimum absolute atomic E-state index is 0.0686. The van der Waals surface area contributed by atoms with Gasteiger partial charge in [0.05, 0.1) is 18.0 Å². The molecule has 3 N–H and O–H groups in total. The Hall–Kier alpha value is -4.17. The lowest BCUT2D eigenvalue weighted by Gasteiger charge is -2.34. The Kier molecular flexibility index (Phi) is 6.35. The third kappa shape index (κ3) is 4.25. The number of carbonyl (C=O) groups is 2. The average Bonchev–Trinajstić information content (AvgIpc) is 3.34. The highest BCUT2D eigenvalue weighted by Crippen LogP contribution is 2.48. The fourth-order valence-corrected chi connectivity index (χ4v) is 6.58. The van der Waals surface area contributed by atoms with Crippen LogP contribution in [0.25, 0.3) is 0 Å². The quantitative estimate of drug-likeness (QED) is 0.396. The van der Waals surface area contributed by atoms with Gasteiger partial charge in [-0.25, -0.2) is 9.49 Å². The van der Waals surface area contributed by atoms with Crippen molar-refractivity contribution >= 4 is 11.8 Å². The molecule has 1 aromatic heterocycles. The van der Waals surface area contributed by atoms with Gasteiger partial charge in [-0.2, -0.15) is 5.26 Å². The Labute approximate surface area is 225 Å². The molecular formula is C28H29FN8O2. The number of halogens is 1. The normalized spacial score (nSPS) is 24.6. The molecule has 39 heavy (non-hydrogen) atoms. The van der Waals surface area contributed by atoms with E-state index >= 15 is 0 Å². The molecule has 4 atom stereocenters. The Bertz CT molecular complexity index is 1470. The van der Waals surface area contributed by atoms with E-state index in [-0.39, 0.29) is 36.3 Å². The van der Waals surface area contributed by atoms with Gasteiger partial charge in [-0.1, -0.05) is 12.1 Å². The molecule has 0 spiro atoms. The van der Waals surface area contributed by atoms with E-state index < -0.39 is 5.41 Å². The summed E-state index contributed by atoms with van der Waals surface area (Å²) in [7, 11) is 1.59. The minimum atomic E-state index is -0.875. The molecule has 0 bridgehead atoms. The van der Waals surface area contributed by atoms with Crippen LogP contribution in [0.4, 0.5) is 4.39 Å². The molecule has 1 aliphatic heterocycles. The number of aromatic nitrogens is 4. The molecule has 1 saturated carbocycles. The van der Waals surface area contributed by atoms with Crippen LogP contribution in [0.15, 0.2) is 36.4 Å². The van der Waals surface area contributed by atoms with E-state index in [1.54, 1.807) is 30.1 Å².